The molecular formula is C15H17Cl2NO2. The minimum absolute atomic E-state index is 0.208. The lowest BCUT2D eigenvalue weighted by Crippen LogP contribution is -2.25. The van der Waals surface area contributed by atoms with E-state index >= 15 is 0 Å². The quantitative estimate of drug-likeness (QED) is 0.473. The highest BCUT2D eigenvalue weighted by molar-refractivity contribution is 6.42. The summed E-state index contributed by atoms with van der Waals surface area (Å²) < 4.78 is 5.27. The Hall–Kier alpha value is -1.29. The molecule has 0 heterocycles. The van der Waals surface area contributed by atoms with Crippen LogP contribution >= 0.6 is 23.2 Å². The van der Waals surface area contributed by atoms with Gasteiger partial charge in [0.2, 0.25) is 5.91 Å². The van der Waals surface area contributed by atoms with Crippen molar-refractivity contribution in [3.63, 3.8) is 0 Å². The second-order valence-electron chi connectivity index (χ2n) is 4.28. The molecule has 1 aromatic rings. The number of ether oxygens (including phenoxy) is 1. The van der Waals surface area contributed by atoms with Crippen molar-refractivity contribution in [2.24, 2.45) is 0 Å². The van der Waals surface area contributed by atoms with Crippen molar-refractivity contribution >= 4 is 35.2 Å². The van der Waals surface area contributed by atoms with Gasteiger partial charge in [0.25, 0.3) is 0 Å². The number of carbonyl (C=O) groups is 1. The number of hydrogen-bond donors (Lipinski definition) is 1. The molecular weight excluding hydrogens is 297 g/mol. The fourth-order valence-electron chi connectivity index (χ4n) is 1.37. The third kappa shape index (κ3) is 6.24. The Morgan fingerprint density at radius 1 is 1.45 bits per heavy atom. The van der Waals surface area contributed by atoms with Gasteiger partial charge >= 0.3 is 0 Å². The molecule has 5 heteroatoms. The normalized spacial score (nSPS) is 10.8. The van der Waals surface area contributed by atoms with Crippen LogP contribution in [0.15, 0.2) is 36.4 Å². The van der Waals surface area contributed by atoms with E-state index in [2.05, 4.69) is 11.9 Å². The molecule has 108 valence electrons. The molecule has 0 saturated heterocycles. The number of hydrogen-bond acceptors (Lipinski definition) is 2. The van der Waals surface area contributed by atoms with Crippen LogP contribution in [0.4, 0.5) is 0 Å². The van der Waals surface area contributed by atoms with Gasteiger partial charge in [0, 0.05) is 12.6 Å². The van der Waals surface area contributed by atoms with Gasteiger partial charge in [-0.2, -0.15) is 0 Å². The SMILES string of the molecule is C=C(C)COCCNC(=O)/C=C/c1cccc(Cl)c1Cl. The van der Waals surface area contributed by atoms with E-state index < -0.39 is 0 Å². The summed E-state index contributed by atoms with van der Waals surface area (Å²) >= 11 is 11.9. The van der Waals surface area contributed by atoms with Crippen LogP contribution in [-0.4, -0.2) is 25.7 Å². The summed E-state index contributed by atoms with van der Waals surface area (Å²) in [6, 6.07) is 5.26. The lowest BCUT2D eigenvalue weighted by atomic mass is 10.2. The van der Waals surface area contributed by atoms with Gasteiger partial charge in [-0.1, -0.05) is 47.5 Å². The number of rotatable bonds is 7. The third-order valence-corrected chi connectivity index (χ3v) is 3.12. The van der Waals surface area contributed by atoms with Crippen molar-refractivity contribution in [1.29, 1.82) is 0 Å². The predicted octanol–water partition coefficient (Wildman–Crippen LogP) is 3.72. The standard InChI is InChI=1S/C15H17Cl2NO2/c1-11(2)10-20-9-8-18-14(19)7-6-12-4-3-5-13(16)15(12)17/h3-7H,1,8-10H2,2H3,(H,18,19)/b7-6+. The molecule has 0 atom stereocenters. The topological polar surface area (TPSA) is 38.3 Å². The van der Waals surface area contributed by atoms with E-state index in [0.29, 0.717) is 35.4 Å². The van der Waals surface area contributed by atoms with Crippen LogP contribution in [0.2, 0.25) is 10.0 Å². The summed E-state index contributed by atoms with van der Waals surface area (Å²) in [6.45, 7) is 7.00. The van der Waals surface area contributed by atoms with Crippen LogP contribution in [0, 0.1) is 0 Å². The number of halogens is 2. The second-order valence-corrected chi connectivity index (χ2v) is 5.06. The predicted molar refractivity (Wildman–Crippen MR) is 84.1 cm³/mol. The van der Waals surface area contributed by atoms with Gasteiger partial charge in [-0.25, -0.2) is 0 Å². The summed E-state index contributed by atoms with van der Waals surface area (Å²) in [6.07, 6.45) is 3.04. The zero-order valence-corrected chi connectivity index (χ0v) is 12.8. The summed E-state index contributed by atoms with van der Waals surface area (Å²) in [5, 5.41) is 3.60. The van der Waals surface area contributed by atoms with Crippen LogP contribution in [0.25, 0.3) is 6.08 Å². The number of benzene rings is 1. The lowest BCUT2D eigenvalue weighted by Gasteiger charge is -2.04. The fraction of sp³-hybridized carbons (Fsp3) is 0.267. The molecule has 1 rings (SSSR count). The van der Waals surface area contributed by atoms with Gasteiger partial charge in [-0.05, 0) is 24.6 Å². The first-order valence-electron chi connectivity index (χ1n) is 6.12. The molecule has 0 fully saturated rings. The van der Waals surface area contributed by atoms with Crippen molar-refractivity contribution < 1.29 is 9.53 Å². The van der Waals surface area contributed by atoms with Gasteiger partial charge in [0.15, 0.2) is 0 Å². The van der Waals surface area contributed by atoms with Crippen molar-refractivity contribution in [3.8, 4) is 0 Å². The molecule has 0 unspecified atom stereocenters. The maximum absolute atomic E-state index is 11.6. The maximum atomic E-state index is 11.6. The summed E-state index contributed by atoms with van der Waals surface area (Å²) in [5.74, 6) is -0.208. The number of nitrogens with one attached hydrogen (secondary N) is 1. The molecule has 0 aromatic heterocycles. The largest absolute Gasteiger partial charge is 0.375 e. The average Bonchev–Trinajstić information content (AvgIpc) is 2.39. The van der Waals surface area contributed by atoms with Gasteiger partial charge in [-0.15, -0.1) is 0 Å². The molecule has 1 N–H and O–H groups in total. The van der Waals surface area contributed by atoms with Crippen LogP contribution in [-0.2, 0) is 9.53 Å². The molecule has 3 nitrogen and oxygen atoms in total. The Balaban J connectivity index is 2.36. The van der Waals surface area contributed by atoms with E-state index in [4.69, 9.17) is 27.9 Å². The molecule has 0 spiro atoms. The zero-order valence-electron chi connectivity index (χ0n) is 11.3. The Labute approximate surface area is 129 Å². The summed E-state index contributed by atoms with van der Waals surface area (Å²) in [4.78, 5) is 11.6. The Bertz CT molecular complexity index is 513. The maximum Gasteiger partial charge on any atom is 0.244 e. The number of carbonyl (C=O) groups excluding carboxylic acids is 1. The Morgan fingerprint density at radius 2 is 2.20 bits per heavy atom. The van der Waals surface area contributed by atoms with Gasteiger partial charge < -0.3 is 10.1 Å². The van der Waals surface area contributed by atoms with E-state index in [1.807, 2.05) is 6.92 Å². The van der Waals surface area contributed by atoms with Crippen LogP contribution in [0.1, 0.15) is 12.5 Å². The van der Waals surface area contributed by atoms with E-state index in [1.165, 1.54) is 6.08 Å². The van der Waals surface area contributed by atoms with Crippen LogP contribution < -0.4 is 5.32 Å². The summed E-state index contributed by atoms with van der Waals surface area (Å²) in [5.41, 5.74) is 1.65. The first-order chi connectivity index (χ1) is 9.50. The van der Waals surface area contributed by atoms with E-state index in [0.717, 1.165) is 5.57 Å². The fourth-order valence-corrected chi connectivity index (χ4v) is 1.74. The average molecular weight is 314 g/mol. The summed E-state index contributed by atoms with van der Waals surface area (Å²) in [7, 11) is 0. The van der Waals surface area contributed by atoms with E-state index in [9.17, 15) is 4.79 Å². The second kappa shape index (κ2) is 8.80. The lowest BCUT2D eigenvalue weighted by molar-refractivity contribution is -0.116. The zero-order chi connectivity index (χ0) is 15.0. The van der Waals surface area contributed by atoms with Crippen molar-refractivity contribution in [3.05, 3.63) is 52.0 Å². The third-order valence-electron chi connectivity index (χ3n) is 2.29. The van der Waals surface area contributed by atoms with Crippen molar-refractivity contribution in [2.75, 3.05) is 19.8 Å². The Morgan fingerprint density at radius 3 is 2.90 bits per heavy atom. The molecule has 0 radical (unpaired) electrons. The van der Waals surface area contributed by atoms with Crippen molar-refractivity contribution in [2.45, 2.75) is 6.92 Å². The smallest absolute Gasteiger partial charge is 0.244 e. The molecule has 0 bridgehead atoms. The Kier molecular flexibility index (Phi) is 7.37. The first-order valence-corrected chi connectivity index (χ1v) is 6.88. The van der Waals surface area contributed by atoms with E-state index in [1.54, 1.807) is 24.3 Å². The highest BCUT2D eigenvalue weighted by atomic mass is 35.5. The molecule has 0 aliphatic rings. The molecule has 0 aliphatic carbocycles. The molecule has 0 aliphatic heterocycles. The van der Waals surface area contributed by atoms with Gasteiger partial charge in [0.05, 0.1) is 23.3 Å². The first kappa shape index (κ1) is 16.8. The van der Waals surface area contributed by atoms with Crippen molar-refractivity contribution in [1.82, 2.24) is 5.32 Å². The molecule has 1 aromatic carbocycles. The highest BCUT2D eigenvalue weighted by Crippen LogP contribution is 2.26. The molecule has 0 saturated carbocycles. The van der Waals surface area contributed by atoms with Gasteiger partial charge in [0.1, 0.15) is 0 Å². The number of amides is 1. The van der Waals surface area contributed by atoms with Crippen LogP contribution in [0.3, 0.4) is 0 Å². The molecule has 1 amide bonds. The van der Waals surface area contributed by atoms with E-state index in [-0.39, 0.29) is 5.91 Å². The molecule has 20 heavy (non-hydrogen) atoms. The monoisotopic (exact) mass is 313 g/mol. The minimum Gasteiger partial charge on any atom is -0.375 e. The minimum atomic E-state index is -0.208. The van der Waals surface area contributed by atoms with Gasteiger partial charge in [-0.3, -0.25) is 4.79 Å². The van der Waals surface area contributed by atoms with Crippen LogP contribution in [0.5, 0.6) is 0 Å². The highest BCUT2D eigenvalue weighted by Gasteiger charge is 2.01.